The lowest BCUT2D eigenvalue weighted by atomic mass is 9.80. The lowest BCUT2D eigenvalue weighted by Crippen LogP contribution is -2.57. The monoisotopic (exact) mass is 302 g/mol. The molecule has 1 fully saturated rings. The smallest absolute Gasteiger partial charge is 0.329 e. The fourth-order valence-electron chi connectivity index (χ4n) is 2.51. The second kappa shape index (κ2) is 7.88. The number of nitrogens with zero attached hydrogens (tertiary/aromatic N) is 1. The molecular formula is C14H26N2O3S. The largest absolute Gasteiger partial charge is 0.464 e. The van der Waals surface area contributed by atoms with Crippen molar-refractivity contribution < 1.29 is 14.3 Å². The highest BCUT2D eigenvalue weighted by Gasteiger charge is 2.42. The maximum atomic E-state index is 12.9. The molecule has 1 atom stereocenters. The minimum Gasteiger partial charge on any atom is -0.464 e. The van der Waals surface area contributed by atoms with Gasteiger partial charge in [-0.05, 0) is 19.8 Å². The fraction of sp³-hybridized carbons (Fsp3) is 0.857. The normalized spacial score (nSPS) is 19.8. The number of hydrogen-bond donors (Lipinski definition) is 1. The summed E-state index contributed by atoms with van der Waals surface area (Å²) in [5.74, 6) is 1.17. The van der Waals surface area contributed by atoms with E-state index in [1.165, 1.54) is 0 Å². The van der Waals surface area contributed by atoms with Crippen molar-refractivity contribution in [2.45, 2.75) is 39.7 Å². The van der Waals surface area contributed by atoms with Crippen LogP contribution >= 0.6 is 11.8 Å². The molecule has 1 unspecified atom stereocenters. The zero-order valence-electron chi connectivity index (χ0n) is 12.7. The Labute approximate surface area is 125 Å². The third kappa shape index (κ3) is 3.47. The molecule has 1 rings (SSSR count). The molecule has 20 heavy (non-hydrogen) atoms. The standard InChI is InChI=1S/C14H26N2O3S/c1-4-14(5-2,10-15)13(18)16-7-8-20-9-11(16)12(17)19-6-3/h11H,4-10,15H2,1-3H3. The lowest BCUT2D eigenvalue weighted by molar-refractivity contribution is -0.158. The van der Waals surface area contributed by atoms with Crippen LogP contribution in [0.2, 0.25) is 0 Å². The van der Waals surface area contributed by atoms with Crippen LogP contribution in [0.5, 0.6) is 0 Å². The van der Waals surface area contributed by atoms with Crippen molar-refractivity contribution in [3.8, 4) is 0 Å². The Hall–Kier alpha value is -0.750. The summed E-state index contributed by atoms with van der Waals surface area (Å²) < 4.78 is 5.10. The van der Waals surface area contributed by atoms with Gasteiger partial charge < -0.3 is 15.4 Å². The van der Waals surface area contributed by atoms with Crippen molar-refractivity contribution in [3.63, 3.8) is 0 Å². The first kappa shape index (κ1) is 17.3. The van der Waals surface area contributed by atoms with Gasteiger partial charge in [0.25, 0.3) is 0 Å². The van der Waals surface area contributed by atoms with Gasteiger partial charge in [0, 0.05) is 24.6 Å². The summed E-state index contributed by atoms with van der Waals surface area (Å²) in [4.78, 5) is 26.6. The highest BCUT2D eigenvalue weighted by molar-refractivity contribution is 7.99. The van der Waals surface area contributed by atoms with Gasteiger partial charge in [-0.3, -0.25) is 4.79 Å². The van der Waals surface area contributed by atoms with E-state index >= 15 is 0 Å². The summed E-state index contributed by atoms with van der Waals surface area (Å²) in [6.07, 6.45) is 1.38. The fourth-order valence-corrected chi connectivity index (χ4v) is 3.55. The number of rotatable bonds is 6. The molecule has 0 aromatic rings. The quantitative estimate of drug-likeness (QED) is 0.748. The van der Waals surface area contributed by atoms with Gasteiger partial charge in [0.2, 0.25) is 5.91 Å². The van der Waals surface area contributed by atoms with E-state index in [4.69, 9.17) is 10.5 Å². The average Bonchev–Trinajstić information content (AvgIpc) is 2.49. The topological polar surface area (TPSA) is 72.6 Å². The Balaban J connectivity index is 2.94. The van der Waals surface area contributed by atoms with Gasteiger partial charge in [-0.2, -0.15) is 11.8 Å². The number of esters is 1. The van der Waals surface area contributed by atoms with Gasteiger partial charge in [0.15, 0.2) is 0 Å². The average molecular weight is 302 g/mol. The molecule has 1 heterocycles. The minimum absolute atomic E-state index is 0.00310. The van der Waals surface area contributed by atoms with Crippen LogP contribution in [0.25, 0.3) is 0 Å². The lowest BCUT2D eigenvalue weighted by Gasteiger charge is -2.40. The molecule has 1 amide bonds. The number of hydrogen-bond acceptors (Lipinski definition) is 5. The zero-order chi connectivity index (χ0) is 15.2. The molecule has 0 saturated carbocycles. The van der Waals surface area contributed by atoms with Gasteiger partial charge >= 0.3 is 5.97 Å². The van der Waals surface area contributed by atoms with Crippen molar-refractivity contribution in [2.75, 3.05) is 31.2 Å². The molecule has 1 aliphatic rings. The number of amides is 1. The van der Waals surface area contributed by atoms with E-state index < -0.39 is 11.5 Å². The van der Waals surface area contributed by atoms with Crippen molar-refractivity contribution in [2.24, 2.45) is 11.1 Å². The zero-order valence-corrected chi connectivity index (χ0v) is 13.5. The number of carbonyl (C=O) groups is 2. The minimum atomic E-state index is -0.549. The molecule has 5 nitrogen and oxygen atoms in total. The Bertz CT molecular complexity index is 337. The highest BCUT2D eigenvalue weighted by Crippen LogP contribution is 2.31. The van der Waals surface area contributed by atoms with Gasteiger partial charge in [-0.15, -0.1) is 0 Å². The maximum absolute atomic E-state index is 12.9. The molecule has 2 N–H and O–H groups in total. The van der Waals surface area contributed by atoms with Crippen LogP contribution < -0.4 is 5.73 Å². The van der Waals surface area contributed by atoms with E-state index in [0.717, 1.165) is 5.75 Å². The first-order valence-corrected chi connectivity index (χ1v) is 8.47. The summed E-state index contributed by atoms with van der Waals surface area (Å²) >= 11 is 1.69. The first-order valence-electron chi connectivity index (χ1n) is 7.31. The predicted molar refractivity (Wildman–Crippen MR) is 81.5 cm³/mol. The Morgan fingerprint density at radius 2 is 2.00 bits per heavy atom. The van der Waals surface area contributed by atoms with Gasteiger partial charge in [0.05, 0.1) is 12.0 Å². The second-order valence-corrected chi connectivity index (χ2v) is 6.18. The van der Waals surface area contributed by atoms with Crippen LogP contribution in [0.15, 0.2) is 0 Å². The van der Waals surface area contributed by atoms with E-state index in [0.29, 0.717) is 38.3 Å². The molecule has 1 aliphatic heterocycles. The highest BCUT2D eigenvalue weighted by atomic mass is 32.2. The Morgan fingerprint density at radius 3 is 2.50 bits per heavy atom. The summed E-state index contributed by atoms with van der Waals surface area (Å²) in [6, 6.07) is -0.467. The number of nitrogens with two attached hydrogens (primary N) is 1. The van der Waals surface area contributed by atoms with Gasteiger partial charge in [-0.25, -0.2) is 4.79 Å². The van der Waals surface area contributed by atoms with E-state index in [1.807, 2.05) is 13.8 Å². The van der Waals surface area contributed by atoms with Gasteiger partial charge in [-0.1, -0.05) is 13.8 Å². The van der Waals surface area contributed by atoms with Crippen LogP contribution in [0.1, 0.15) is 33.6 Å². The Kier molecular flexibility index (Phi) is 6.82. The van der Waals surface area contributed by atoms with Crippen LogP contribution in [0.3, 0.4) is 0 Å². The van der Waals surface area contributed by atoms with Crippen molar-refractivity contribution in [1.29, 1.82) is 0 Å². The molecule has 0 aliphatic carbocycles. The summed E-state index contributed by atoms with van der Waals surface area (Å²) in [5.41, 5.74) is 5.30. The molecule has 6 heteroatoms. The van der Waals surface area contributed by atoms with Crippen LogP contribution in [0, 0.1) is 5.41 Å². The molecule has 1 saturated heterocycles. The number of thioether (sulfide) groups is 1. The second-order valence-electron chi connectivity index (χ2n) is 5.03. The predicted octanol–water partition coefficient (Wildman–Crippen LogP) is 1.26. The van der Waals surface area contributed by atoms with Crippen molar-refractivity contribution in [1.82, 2.24) is 4.90 Å². The Morgan fingerprint density at radius 1 is 1.35 bits per heavy atom. The third-order valence-corrected chi connectivity index (χ3v) is 5.17. The van der Waals surface area contributed by atoms with E-state index in [2.05, 4.69) is 0 Å². The molecule has 116 valence electrons. The summed E-state index contributed by atoms with van der Waals surface area (Å²) in [5, 5.41) is 0. The maximum Gasteiger partial charge on any atom is 0.329 e. The first-order chi connectivity index (χ1) is 9.56. The van der Waals surface area contributed by atoms with Crippen LogP contribution in [0.4, 0.5) is 0 Å². The molecule has 0 aromatic heterocycles. The van der Waals surface area contributed by atoms with Crippen molar-refractivity contribution in [3.05, 3.63) is 0 Å². The number of carbonyl (C=O) groups excluding carboxylic acids is 2. The molecule has 0 spiro atoms. The van der Waals surface area contributed by atoms with Crippen LogP contribution in [-0.2, 0) is 14.3 Å². The van der Waals surface area contributed by atoms with Crippen LogP contribution in [-0.4, -0.2) is 54.0 Å². The summed E-state index contributed by atoms with van der Waals surface area (Å²) in [7, 11) is 0. The van der Waals surface area contributed by atoms with Crippen molar-refractivity contribution >= 4 is 23.6 Å². The van der Waals surface area contributed by atoms with E-state index in [-0.39, 0.29) is 11.9 Å². The molecular weight excluding hydrogens is 276 g/mol. The SMILES string of the molecule is CCOC(=O)C1CSCCN1C(=O)C(CC)(CC)CN. The van der Waals surface area contributed by atoms with Gasteiger partial charge in [0.1, 0.15) is 6.04 Å². The summed E-state index contributed by atoms with van der Waals surface area (Å²) in [6.45, 7) is 6.99. The molecule has 0 bridgehead atoms. The molecule has 0 radical (unpaired) electrons. The number of ether oxygens (including phenoxy) is 1. The third-order valence-electron chi connectivity index (χ3n) is 4.15. The van der Waals surface area contributed by atoms with E-state index in [1.54, 1.807) is 23.6 Å². The molecule has 0 aromatic carbocycles. The van der Waals surface area contributed by atoms with E-state index in [9.17, 15) is 9.59 Å².